The smallest absolute Gasteiger partial charge is 0.296 e. The van der Waals surface area contributed by atoms with Gasteiger partial charge in [-0.15, -0.1) is 20.5 Å². The number of nitrogens with zero attached hydrogens (tertiary/aromatic N) is 8. The first-order chi connectivity index (χ1) is 29.7. The van der Waals surface area contributed by atoms with Crippen molar-refractivity contribution in [2.75, 3.05) is 28.7 Å². The Kier molecular flexibility index (Phi) is 12.2. The van der Waals surface area contributed by atoms with Crippen molar-refractivity contribution in [3.8, 4) is 5.75 Å². The summed E-state index contributed by atoms with van der Waals surface area (Å²) in [7, 11) is -19.8. The number of hydrogen-bond acceptors (Lipinski definition) is 22. The third-order valence-corrected chi connectivity index (χ3v) is 12.1. The number of nitrogen functional groups attached to an aromatic ring is 5. The van der Waals surface area contributed by atoms with Gasteiger partial charge < -0.3 is 33.8 Å². The molecule has 332 valence electrons. The minimum Gasteiger partial charge on any atom is -0.505 e. The lowest BCUT2D eigenvalue weighted by Gasteiger charge is -2.14. The van der Waals surface area contributed by atoms with Crippen LogP contribution in [0.5, 0.6) is 5.75 Å². The summed E-state index contributed by atoms with van der Waals surface area (Å²) >= 11 is 0. The van der Waals surface area contributed by atoms with E-state index in [4.69, 9.17) is 28.7 Å². The average Bonchev–Trinajstić information content (AvgIpc) is 3.18. The molecule has 26 nitrogen and oxygen atoms in total. The molecule has 0 amide bonds. The number of hydrogen-bond donors (Lipinski definition) is 10. The fraction of sp³-hybridized carbons (Fsp3) is 0. The minimum absolute atomic E-state index is 0.0118. The molecule has 6 aromatic carbocycles. The summed E-state index contributed by atoms with van der Waals surface area (Å²) in [4.78, 5) is -3.33. The number of rotatable bonds is 12. The van der Waals surface area contributed by atoms with E-state index in [9.17, 15) is 57.0 Å². The van der Waals surface area contributed by atoms with Crippen LogP contribution >= 0.6 is 0 Å². The Morgan fingerprint density at radius 3 is 1.03 bits per heavy atom. The van der Waals surface area contributed by atoms with Crippen LogP contribution in [-0.4, -0.2) is 57.0 Å². The summed E-state index contributed by atoms with van der Waals surface area (Å²) in [6.07, 6.45) is 0. The number of phenols is 1. The van der Waals surface area contributed by atoms with E-state index in [2.05, 4.69) is 40.9 Å². The summed E-state index contributed by atoms with van der Waals surface area (Å²) in [5, 5.41) is 41.6. The van der Waals surface area contributed by atoms with Gasteiger partial charge in [-0.2, -0.15) is 54.1 Å². The fourth-order valence-electron chi connectivity index (χ4n) is 5.54. The highest BCUT2D eigenvalue weighted by Gasteiger charge is 2.28. The molecular weight excluding hydrogens is 927 g/mol. The summed E-state index contributed by atoms with van der Waals surface area (Å²) in [5.74, 6) is -1.03. The van der Waals surface area contributed by atoms with Gasteiger partial charge in [0.25, 0.3) is 40.5 Å². The first-order valence-corrected chi connectivity index (χ1v) is 22.8. The van der Waals surface area contributed by atoms with Crippen LogP contribution in [0.15, 0.2) is 145 Å². The van der Waals surface area contributed by atoms with Crippen LogP contribution in [0, 0.1) is 0 Å². The van der Waals surface area contributed by atoms with E-state index < -0.39 is 93.6 Å². The molecule has 0 unspecified atom stereocenters. The third-order valence-electron chi connectivity index (χ3n) is 8.52. The van der Waals surface area contributed by atoms with Crippen molar-refractivity contribution in [1.82, 2.24) is 0 Å². The van der Waals surface area contributed by atoms with Crippen molar-refractivity contribution in [2.24, 2.45) is 40.9 Å². The minimum atomic E-state index is -5.23. The van der Waals surface area contributed by atoms with E-state index in [1.54, 1.807) is 0 Å². The third kappa shape index (κ3) is 10.0. The molecule has 0 bridgehead atoms. The quantitative estimate of drug-likeness (QED) is 0.0332. The van der Waals surface area contributed by atoms with Gasteiger partial charge in [0.05, 0.1) is 56.6 Å². The van der Waals surface area contributed by atoms with Gasteiger partial charge in [-0.25, -0.2) is 0 Å². The molecule has 30 heteroatoms. The van der Waals surface area contributed by atoms with Crippen molar-refractivity contribution < 1.29 is 57.0 Å². The molecule has 0 aliphatic heterocycles. The van der Waals surface area contributed by atoms with Crippen LogP contribution in [-0.2, 0) is 40.5 Å². The second kappa shape index (κ2) is 16.9. The number of aromatic hydroxyl groups is 1. The molecule has 0 saturated heterocycles. The summed E-state index contributed by atoms with van der Waals surface area (Å²) in [6.45, 7) is 0. The highest BCUT2D eigenvalue weighted by Crippen LogP contribution is 2.48. The van der Waals surface area contributed by atoms with Crippen molar-refractivity contribution in [2.45, 2.75) is 19.6 Å². The zero-order chi connectivity index (χ0) is 47.1. The van der Waals surface area contributed by atoms with E-state index in [-0.39, 0.29) is 56.9 Å². The van der Waals surface area contributed by atoms with Gasteiger partial charge in [0, 0.05) is 0 Å². The van der Waals surface area contributed by atoms with E-state index in [1.807, 2.05) is 0 Å². The van der Waals surface area contributed by atoms with Gasteiger partial charge in [-0.05, 0) is 90.3 Å². The van der Waals surface area contributed by atoms with Crippen LogP contribution in [0.25, 0.3) is 10.8 Å². The predicted octanol–water partition coefficient (Wildman–Crippen LogP) is 7.10. The summed E-state index contributed by atoms with van der Waals surface area (Å²) in [6, 6.07) is 16.0. The molecule has 0 radical (unpaired) electrons. The van der Waals surface area contributed by atoms with E-state index in [0.29, 0.717) is 12.1 Å². The first kappa shape index (κ1) is 45.9. The Hall–Kier alpha value is -7.58. The maximum absolute atomic E-state index is 12.5. The molecule has 6 aromatic rings. The van der Waals surface area contributed by atoms with Crippen LogP contribution in [0.1, 0.15) is 0 Å². The molecular formula is C34H29N13O13S4. The summed E-state index contributed by atoms with van der Waals surface area (Å²) in [5.41, 5.74) is 26.2. The van der Waals surface area contributed by atoms with Gasteiger partial charge >= 0.3 is 0 Å². The zero-order valence-corrected chi connectivity index (χ0v) is 34.9. The number of benzene rings is 6. The van der Waals surface area contributed by atoms with Crippen molar-refractivity contribution in [1.29, 1.82) is 0 Å². The molecule has 6 rings (SSSR count). The number of nitrogens with two attached hydrogens (primary N) is 5. The molecule has 0 saturated carbocycles. The van der Waals surface area contributed by atoms with Gasteiger partial charge in [-0.3, -0.25) is 18.2 Å². The molecule has 0 heterocycles. The molecule has 64 heavy (non-hydrogen) atoms. The average molecular weight is 956 g/mol. The highest BCUT2D eigenvalue weighted by molar-refractivity contribution is 7.86. The number of azo groups is 4. The van der Waals surface area contributed by atoms with E-state index in [1.165, 1.54) is 48.5 Å². The van der Waals surface area contributed by atoms with Crippen LogP contribution in [0.2, 0.25) is 0 Å². The lowest BCUT2D eigenvalue weighted by atomic mass is 10.1. The maximum atomic E-state index is 12.5. The maximum Gasteiger partial charge on any atom is 0.296 e. The van der Waals surface area contributed by atoms with Gasteiger partial charge in [-0.1, -0.05) is 0 Å². The van der Waals surface area contributed by atoms with Gasteiger partial charge in [0.1, 0.15) is 42.3 Å². The Balaban J connectivity index is 1.33. The second-order valence-corrected chi connectivity index (χ2v) is 18.5. The lowest BCUT2D eigenvalue weighted by molar-refractivity contribution is 0.472. The predicted molar refractivity (Wildman–Crippen MR) is 229 cm³/mol. The van der Waals surface area contributed by atoms with Crippen LogP contribution in [0.3, 0.4) is 0 Å². The molecule has 0 atom stereocenters. The molecule has 0 spiro atoms. The van der Waals surface area contributed by atoms with Crippen molar-refractivity contribution in [3.05, 3.63) is 84.9 Å². The second-order valence-electron chi connectivity index (χ2n) is 12.9. The SMILES string of the molecule is Nc1cc(N)c(S(=O)(=O)O)cc1N=Nc1ccc(N=Nc2c(S(=O)(=O)O)cc3cc(S(=O)(=O)O)c(N=Nc4ccc(N=Nc5cc(S(=O)(=O)O)c(N)cc5N)cc4)c(O)c3c2N)cc1. The van der Waals surface area contributed by atoms with E-state index >= 15 is 0 Å². The first-order valence-electron chi connectivity index (χ1n) is 17.0. The standard InChI is InChI=1S/C34H29N13O13S4/c35-20-11-22(37)26(61(49,50)51)13-24(20)44-40-16-1-5-18(6-2-16)42-46-32-28(63(55,56)57)9-15-10-29(64(58,59)60)33(34(48)30(15)31(32)39)47-43-19-7-3-17(4-8-19)41-45-25-14-27(62(52,53)54)23(38)12-21(25)36/h1-14,48H,35-39H2,(H,49,50,51)(H,52,53,54)(H,55,56,57)(H,58,59,60). The molecule has 0 aliphatic rings. The molecule has 0 aromatic heterocycles. The Morgan fingerprint density at radius 2 is 0.688 bits per heavy atom. The summed E-state index contributed by atoms with van der Waals surface area (Å²) < 4.78 is 135. The Labute approximate surface area is 360 Å². The van der Waals surface area contributed by atoms with Crippen molar-refractivity contribution >= 4 is 125 Å². The van der Waals surface area contributed by atoms with Crippen molar-refractivity contribution in [3.63, 3.8) is 0 Å². The van der Waals surface area contributed by atoms with Gasteiger partial charge in [0.15, 0.2) is 5.75 Å². The lowest BCUT2D eigenvalue weighted by Crippen LogP contribution is -2.04. The molecule has 15 N–H and O–H groups in total. The zero-order valence-electron chi connectivity index (χ0n) is 31.7. The Bertz CT molecular complexity index is 3270. The normalized spacial score (nSPS) is 13.0. The number of fused-ring (bicyclic) bond motifs is 1. The van der Waals surface area contributed by atoms with Crippen LogP contribution in [0.4, 0.5) is 73.9 Å². The van der Waals surface area contributed by atoms with Gasteiger partial charge in [0.2, 0.25) is 0 Å². The Morgan fingerprint density at radius 1 is 0.375 bits per heavy atom. The molecule has 0 fully saturated rings. The number of anilines is 5. The van der Waals surface area contributed by atoms with E-state index in [0.717, 1.165) is 24.3 Å². The topological polar surface area (TPSA) is 467 Å². The monoisotopic (exact) mass is 955 g/mol. The highest BCUT2D eigenvalue weighted by atomic mass is 32.2. The molecule has 0 aliphatic carbocycles. The fourth-order valence-corrected chi connectivity index (χ4v) is 8.11. The largest absolute Gasteiger partial charge is 0.505 e. The number of phenolic OH excluding ortho intramolecular Hbond substituents is 1. The van der Waals surface area contributed by atoms with Crippen LogP contribution < -0.4 is 28.7 Å².